The van der Waals surface area contributed by atoms with Crippen molar-refractivity contribution in [2.75, 3.05) is 7.11 Å². The Morgan fingerprint density at radius 1 is 1.09 bits per heavy atom. The molecule has 2 aromatic carbocycles. The molecular weight excluding hydrogens is 321 g/mol. The van der Waals surface area contributed by atoms with Crippen LogP contribution < -0.4 is 0 Å². The van der Waals surface area contributed by atoms with Crippen LogP contribution in [0.4, 0.5) is 0 Å². The van der Waals surface area contributed by atoms with Crippen LogP contribution in [0.25, 0.3) is 22.0 Å². The van der Waals surface area contributed by atoms with Crippen LogP contribution in [0.15, 0.2) is 48.7 Å². The zero-order chi connectivity index (χ0) is 15.7. The number of hydrogen-bond donors (Lipinski definition) is 0. The molecule has 0 radical (unpaired) electrons. The van der Waals surface area contributed by atoms with E-state index in [9.17, 15) is 4.79 Å². The lowest BCUT2D eigenvalue weighted by atomic mass is 10.00. The summed E-state index contributed by atoms with van der Waals surface area (Å²) in [6.45, 7) is 0. The van der Waals surface area contributed by atoms with Gasteiger partial charge in [0.15, 0.2) is 0 Å². The lowest BCUT2D eigenvalue weighted by Gasteiger charge is -2.10. The van der Waals surface area contributed by atoms with Crippen molar-refractivity contribution in [2.24, 2.45) is 0 Å². The molecule has 22 heavy (non-hydrogen) atoms. The van der Waals surface area contributed by atoms with Crippen LogP contribution in [-0.2, 0) is 4.74 Å². The average molecular weight is 332 g/mol. The van der Waals surface area contributed by atoms with E-state index in [1.807, 2.05) is 18.2 Å². The molecule has 0 aliphatic rings. The van der Waals surface area contributed by atoms with Gasteiger partial charge in [-0.1, -0.05) is 35.3 Å². The van der Waals surface area contributed by atoms with Crippen LogP contribution in [0.2, 0.25) is 10.0 Å². The fourth-order valence-electron chi connectivity index (χ4n) is 2.34. The number of halogens is 2. The average Bonchev–Trinajstić information content (AvgIpc) is 2.55. The molecule has 0 amide bonds. The van der Waals surface area contributed by atoms with Crippen LogP contribution in [0.3, 0.4) is 0 Å². The Balaban J connectivity index is 2.29. The Morgan fingerprint density at radius 2 is 1.91 bits per heavy atom. The van der Waals surface area contributed by atoms with Gasteiger partial charge in [-0.15, -0.1) is 0 Å². The number of pyridine rings is 1. The standard InChI is InChI=1S/C17H11Cl2NO2/c1-22-17(21)10-5-6-15-13(9-10)11(7-8-20-15)12-3-2-4-14(18)16(12)19/h2-9H,1H3. The van der Waals surface area contributed by atoms with Gasteiger partial charge >= 0.3 is 5.97 Å². The maximum atomic E-state index is 11.7. The van der Waals surface area contributed by atoms with Gasteiger partial charge < -0.3 is 4.74 Å². The Labute approximate surface area is 137 Å². The number of rotatable bonds is 2. The first kappa shape index (κ1) is 14.8. The van der Waals surface area contributed by atoms with Crippen molar-refractivity contribution in [1.82, 2.24) is 4.98 Å². The molecule has 3 nitrogen and oxygen atoms in total. The highest BCUT2D eigenvalue weighted by Gasteiger charge is 2.13. The maximum Gasteiger partial charge on any atom is 0.337 e. The van der Waals surface area contributed by atoms with Crippen molar-refractivity contribution in [2.45, 2.75) is 0 Å². The van der Waals surface area contributed by atoms with E-state index in [1.165, 1.54) is 7.11 Å². The van der Waals surface area contributed by atoms with E-state index in [1.54, 1.807) is 30.5 Å². The van der Waals surface area contributed by atoms with E-state index < -0.39 is 5.97 Å². The van der Waals surface area contributed by atoms with E-state index in [-0.39, 0.29) is 0 Å². The topological polar surface area (TPSA) is 39.2 Å². The highest BCUT2D eigenvalue weighted by atomic mass is 35.5. The van der Waals surface area contributed by atoms with Crippen molar-refractivity contribution in [1.29, 1.82) is 0 Å². The first-order valence-electron chi connectivity index (χ1n) is 6.53. The molecule has 3 rings (SSSR count). The first-order chi connectivity index (χ1) is 10.6. The molecule has 5 heteroatoms. The Bertz CT molecular complexity index is 878. The summed E-state index contributed by atoms with van der Waals surface area (Å²) in [5.41, 5.74) is 2.88. The molecule has 0 unspecified atom stereocenters. The van der Waals surface area contributed by atoms with Crippen molar-refractivity contribution < 1.29 is 9.53 Å². The molecule has 0 aliphatic heterocycles. The quantitative estimate of drug-likeness (QED) is 0.620. The van der Waals surface area contributed by atoms with Gasteiger partial charge in [0.05, 0.1) is 28.2 Å². The van der Waals surface area contributed by atoms with E-state index in [0.29, 0.717) is 15.6 Å². The number of esters is 1. The van der Waals surface area contributed by atoms with E-state index >= 15 is 0 Å². The number of fused-ring (bicyclic) bond motifs is 1. The summed E-state index contributed by atoms with van der Waals surface area (Å²) in [6.07, 6.45) is 1.70. The highest BCUT2D eigenvalue weighted by molar-refractivity contribution is 6.43. The number of ether oxygens (including phenoxy) is 1. The first-order valence-corrected chi connectivity index (χ1v) is 7.29. The number of carbonyl (C=O) groups excluding carboxylic acids is 1. The molecule has 0 N–H and O–H groups in total. The number of nitrogens with zero attached hydrogens (tertiary/aromatic N) is 1. The van der Waals surface area contributed by atoms with Gasteiger partial charge in [0.1, 0.15) is 0 Å². The zero-order valence-corrected chi connectivity index (χ0v) is 13.2. The summed E-state index contributed by atoms with van der Waals surface area (Å²) < 4.78 is 4.77. The minimum absolute atomic E-state index is 0.395. The molecule has 0 saturated carbocycles. The molecule has 1 aromatic heterocycles. The van der Waals surface area contributed by atoms with Gasteiger partial charge in [-0.05, 0) is 35.9 Å². The predicted molar refractivity (Wildman–Crippen MR) is 88.5 cm³/mol. The molecule has 0 atom stereocenters. The van der Waals surface area contributed by atoms with Crippen LogP contribution in [0, 0.1) is 0 Å². The number of methoxy groups -OCH3 is 1. The van der Waals surface area contributed by atoms with Crippen LogP contribution in [0.1, 0.15) is 10.4 Å². The lowest BCUT2D eigenvalue weighted by Crippen LogP contribution is -2.01. The predicted octanol–water partition coefficient (Wildman–Crippen LogP) is 5.00. The van der Waals surface area contributed by atoms with Crippen molar-refractivity contribution in [3.8, 4) is 11.1 Å². The molecule has 0 saturated heterocycles. The van der Waals surface area contributed by atoms with Gasteiger partial charge in [-0.3, -0.25) is 4.98 Å². The molecule has 0 bridgehead atoms. The Kier molecular flexibility index (Phi) is 4.01. The number of aromatic nitrogens is 1. The summed E-state index contributed by atoms with van der Waals surface area (Å²) in [4.78, 5) is 16.1. The summed E-state index contributed by atoms with van der Waals surface area (Å²) >= 11 is 12.4. The summed E-state index contributed by atoms with van der Waals surface area (Å²) in [5.74, 6) is -0.395. The minimum atomic E-state index is -0.395. The zero-order valence-electron chi connectivity index (χ0n) is 11.6. The molecule has 0 spiro atoms. The third-order valence-corrected chi connectivity index (χ3v) is 4.22. The van der Waals surface area contributed by atoms with Gasteiger partial charge in [0.25, 0.3) is 0 Å². The van der Waals surface area contributed by atoms with Crippen LogP contribution in [-0.4, -0.2) is 18.1 Å². The highest BCUT2D eigenvalue weighted by Crippen LogP contribution is 2.36. The number of hydrogen-bond acceptors (Lipinski definition) is 3. The van der Waals surface area contributed by atoms with Crippen LogP contribution in [0.5, 0.6) is 0 Å². The second-order valence-electron chi connectivity index (χ2n) is 4.68. The maximum absolute atomic E-state index is 11.7. The van der Waals surface area contributed by atoms with Crippen molar-refractivity contribution in [3.63, 3.8) is 0 Å². The summed E-state index contributed by atoms with van der Waals surface area (Å²) in [6, 6.07) is 12.5. The summed E-state index contributed by atoms with van der Waals surface area (Å²) in [7, 11) is 1.35. The SMILES string of the molecule is COC(=O)c1ccc2nccc(-c3cccc(Cl)c3Cl)c2c1. The summed E-state index contributed by atoms with van der Waals surface area (Å²) in [5, 5.41) is 1.77. The van der Waals surface area contributed by atoms with Crippen LogP contribution >= 0.6 is 23.2 Å². The largest absolute Gasteiger partial charge is 0.465 e. The van der Waals surface area contributed by atoms with Gasteiger partial charge in [-0.2, -0.15) is 0 Å². The molecule has 0 aliphatic carbocycles. The van der Waals surface area contributed by atoms with E-state index in [2.05, 4.69) is 4.98 Å². The van der Waals surface area contributed by atoms with Gasteiger partial charge in [-0.25, -0.2) is 4.79 Å². The second-order valence-corrected chi connectivity index (χ2v) is 5.47. The normalized spacial score (nSPS) is 10.7. The smallest absolute Gasteiger partial charge is 0.337 e. The molecular formula is C17H11Cl2NO2. The molecule has 0 fully saturated rings. The molecule has 110 valence electrons. The van der Waals surface area contributed by atoms with E-state index in [4.69, 9.17) is 27.9 Å². The fraction of sp³-hybridized carbons (Fsp3) is 0.0588. The number of carbonyl (C=O) groups is 1. The second kappa shape index (κ2) is 5.95. The van der Waals surface area contributed by atoms with Gasteiger partial charge in [0.2, 0.25) is 0 Å². The third kappa shape index (κ3) is 2.54. The molecule has 1 heterocycles. The van der Waals surface area contributed by atoms with E-state index in [0.717, 1.165) is 22.0 Å². The Hall–Kier alpha value is -2.10. The van der Waals surface area contributed by atoms with Crippen molar-refractivity contribution in [3.05, 3.63) is 64.3 Å². The third-order valence-electron chi connectivity index (χ3n) is 3.40. The van der Waals surface area contributed by atoms with Crippen molar-refractivity contribution >= 4 is 40.1 Å². The monoisotopic (exact) mass is 331 g/mol. The minimum Gasteiger partial charge on any atom is -0.465 e. The molecule has 3 aromatic rings. The number of benzene rings is 2. The lowest BCUT2D eigenvalue weighted by molar-refractivity contribution is 0.0601. The fourth-order valence-corrected chi connectivity index (χ4v) is 2.74. The Morgan fingerprint density at radius 3 is 2.68 bits per heavy atom. The van der Waals surface area contributed by atoms with Gasteiger partial charge in [0, 0.05) is 17.1 Å².